The highest BCUT2D eigenvalue weighted by Crippen LogP contribution is 2.27. The largest absolute Gasteiger partial charge is 0.361 e. The molecule has 0 saturated carbocycles. The Morgan fingerprint density at radius 1 is 0.846 bits per heavy atom. The summed E-state index contributed by atoms with van der Waals surface area (Å²) in [6.45, 7) is 0.632. The van der Waals surface area contributed by atoms with Gasteiger partial charge in [-0.1, -0.05) is 60.7 Å². The monoisotopic (exact) mass is 340 g/mol. The normalized spacial score (nSPS) is 11.0. The lowest BCUT2D eigenvalue weighted by atomic mass is 9.98. The average molecular weight is 340 g/mol. The SMILES string of the molecule is NCCc1c[nH]c2ccc(-c3ccc(C(=O)c4ccccc4)cc3)cc12. The van der Waals surface area contributed by atoms with Crippen LogP contribution in [0.25, 0.3) is 22.0 Å². The minimum Gasteiger partial charge on any atom is -0.361 e. The summed E-state index contributed by atoms with van der Waals surface area (Å²) in [4.78, 5) is 15.8. The molecule has 0 radical (unpaired) electrons. The van der Waals surface area contributed by atoms with Gasteiger partial charge in [0.15, 0.2) is 5.78 Å². The molecule has 0 spiro atoms. The molecule has 3 heteroatoms. The Bertz CT molecular complexity index is 1050. The first kappa shape index (κ1) is 16.3. The van der Waals surface area contributed by atoms with Crippen molar-refractivity contribution in [1.82, 2.24) is 4.98 Å². The molecule has 0 fully saturated rings. The van der Waals surface area contributed by atoms with Gasteiger partial charge in [0.25, 0.3) is 0 Å². The van der Waals surface area contributed by atoms with Crippen LogP contribution in [0.4, 0.5) is 0 Å². The van der Waals surface area contributed by atoms with Crippen molar-refractivity contribution in [1.29, 1.82) is 0 Å². The van der Waals surface area contributed by atoms with Crippen molar-refractivity contribution in [3.8, 4) is 11.1 Å². The highest BCUT2D eigenvalue weighted by Gasteiger charge is 2.09. The van der Waals surface area contributed by atoms with Crippen LogP contribution in [0.5, 0.6) is 0 Å². The van der Waals surface area contributed by atoms with Gasteiger partial charge in [-0.3, -0.25) is 4.79 Å². The first-order valence-electron chi connectivity index (χ1n) is 8.76. The number of aromatic amines is 1. The molecule has 26 heavy (non-hydrogen) atoms. The van der Waals surface area contributed by atoms with E-state index in [1.165, 1.54) is 10.9 Å². The lowest BCUT2D eigenvalue weighted by molar-refractivity contribution is 0.103. The van der Waals surface area contributed by atoms with E-state index < -0.39 is 0 Å². The second-order valence-electron chi connectivity index (χ2n) is 6.39. The smallest absolute Gasteiger partial charge is 0.193 e. The molecule has 0 aliphatic heterocycles. The number of nitrogens with one attached hydrogen (secondary N) is 1. The summed E-state index contributed by atoms with van der Waals surface area (Å²) in [7, 11) is 0. The van der Waals surface area contributed by atoms with E-state index in [1.54, 1.807) is 0 Å². The molecular formula is C23H20N2O. The summed E-state index contributed by atoms with van der Waals surface area (Å²) in [5, 5.41) is 1.21. The van der Waals surface area contributed by atoms with Crippen molar-refractivity contribution in [3.05, 3.63) is 95.7 Å². The Morgan fingerprint density at radius 3 is 2.27 bits per heavy atom. The van der Waals surface area contributed by atoms with Crippen LogP contribution in [0.15, 0.2) is 79.0 Å². The second-order valence-corrected chi connectivity index (χ2v) is 6.39. The molecule has 1 aromatic heterocycles. The Balaban J connectivity index is 1.65. The summed E-state index contributed by atoms with van der Waals surface area (Å²) >= 11 is 0. The fourth-order valence-corrected chi connectivity index (χ4v) is 3.29. The van der Waals surface area contributed by atoms with Crippen molar-refractivity contribution in [2.24, 2.45) is 5.73 Å². The number of ketones is 1. The third-order valence-electron chi connectivity index (χ3n) is 4.70. The first-order chi connectivity index (χ1) is 12.8. The fraction of sp³-hybridized carbons (Fsp3) is 0.0870. The van der Waals surface area contributed by atoms with Gasteiger partial charge in [0.2, 0.25) is 0 Å². The zero-order valence-electron chi connectivity index (χ0n) is 14.4. The Labute approximate surface area is 152 Å². The minimum absolute atomic E-state index is 0.0449. The topological polar surface area (TPSA) is 58.9 Å². The Kier molecular flexibility index (Phi) is 4.38. The highest BCUT2D eigenvalue weighted by molar-refractivity contribution is 6.09. The Hall–Kier alpha value is -3.17. The van der Waals surface area contributed by atoms with Crippen LogP contribution in [0.2, 0.25) is 0 Å². The predicted molar refractivity (Wildman–Crippen MR) is 106 cm³/mol. The number of hydrogen-bond donors (Lipinski definition) is 2. The van der Waals surface area contributed by atoms with E-state index in [2.05, 4.69) is 23.2 Å². The molecule has 0 aliphatic rings. The molecule has 0 bridgehead atoms. The number of carbonyl (C=O) groups is 1. The molecule has 0 atom stereocenters. The number of H-pyrrole nitrogens is 1. The van der Waals surface area contributed by atoms with Gasteiger partial charge in [0.1, 0.15) is 0 Å². The molecule has 3 nitrogen and oxygen atoms in total. The minimum atomic E-state index is 0.0449. The van der Waals surface area contributed by atoms with Crippen molar-refractivity contribution < 1.29 is 4.79 Å². The zero-order chi connectivity index (χ0) is 17.9. The quantitative estimate of drug-likeness (QED) is 0.523. The number of benzene rings is 3. The molecule has 128 valence electrons. The number of hydrogen-bond acceptors (Lipinski definition) is 2. The number of rotatable bonds is 5. The van der Waals surface area contributed by atoms with Gasteiger partial charge >= 0.3 is 0 Å². The van der Waals surface area contributed by atoms with Crippen molar-refractivity contribution in [2.45, 2.75) is 6.42 Å². The van der Waals surface area contributed by atoms with E-state index in [4.69, 9.17) is 5.73 Å². The summed E-state index contributed by atoms with van der Waals surface area (Å²) in [6.07, 6.45) is 2.89. The van der Waals surface area contributed by atoms with E-state index in [0.717, 1.165) is 23.1 Å². The molecule has 1 heterocycles. The molecule has 0 unspecified atom stereocenters. The maximum Gasteiger partial charge on any atom is 0.193 e. The van der Waals surface area contributed by atoms with Crippen LogP contribution in [0, 0.1) is 0 Å². The number of fused-ring (bicyclic) bond motifs is 1. The van der Waals surface area contributed by atoms with Crippen molar-refractivity contribution in [3.63, 3.8) is 0 Å². The van der Waals surface area contributed by atoms with Crippen molar-refractivity contribution in [2.75, 3.05) is 6.54 Å². The highest BCUT2D eigenvalue weighted by atomic mass is 16.1. The molecule has 3 aromatic carbocycles. The maximum atomic E-state index is 12.5. The second kappa shape index (κ2) is 6.98. The molecule has 4 rings (SSSR count). The molecular weight excluding hydrogens is 320 g/mol. The van der Waals surface area contributed by atoms with Gasteiger partial charge < -0.3 is 10.7 Å². The molecule has 3 N–H and O–H groups in total. The standard InChI is InChI=1S/C23H20N2O/c24-13-12-20-15-25-22-11-10-19(14-21(20)22)16-6-8-18(9-7-16)23(26)17-4-2-1-3-5-17/h1-11,14-15,25H,12-13,24H2. The van der Waals surface area contributed by atoms with Crippen LogP contribution >= 0.6 is 0 Å². The van der Waals surface area contributed by atoms with Gasteiger partial charge in [-0.15, -0.1) is 0 Å². The summed E-state index contributed by atoms with van der Waals surface area (Å²) in [6, 6.07) is 23.5. The van der Waals surface area contributed by atoms with Gasteiger partial charge in [0.05, 0.1) is 0 Å². The molecule has 0 saturated heterocycles. The van der Waals surface area contributed by atoms with Crippen LogP contribution in [0.1, 0.15) is 21.5 Å². The van der Waals surface area contributed by atoms with Gasteiger partial charge in [-0.2, -0.15) is 0 Å². The van der Waals surface area contributed by atoms with Crippen LogP contribution < -0.4 is 5.73 Å². The lowest BCUT2D eigenvalue weighted by Gasteiger charge is -2.06. The van der Waals surface area contributed by atoms with Crippen molar-refractivity contribution >= 4 is 16.7 Å². The van der Waals surface area contributed by atoms with Gasteiger partial charge in [0, 0.05) is 28.2 Å². The Morgan fingerprint density at radius 2 is 1.54 bits per heavy atom. The fourth-order valence-electron chi connectivity index (χ4n) is 3.29. The number of nitrogens with two attached hydrogens (primary N) is 1. The van der Waals surface area contributed by atoms with E-state index >= 15 is 0 Å². The van der Waals surface area contributed by atoms with E-state index in [9.17, 15) is 4.79 Å². The van der Waals surface area contributed by atoms with E-state index in [1.807, 2.05) is 60.8 Å². The summed E-state index contributed by atoms with van der Waals surface area (Å²) < 4.78 is 0. The molecule has 0 aliphatic carbocycles. The maximum absolute atomic E-state index is 12.5. The molecule has 4 aromatic rings. The average Bonchev–Trinajstić information content (AvgIpc) is 3.11. The van der Waals surface area contributed by atoms with E-state index in [-0.39, 0.29) is 5.78 Å². The van der Waals surface area contributed by atoms with Crippen LogP contribution in [-0.2, 0) is 6.42 Å². The third-order valence-corrected chi connectivity index (χ3v) is 4.70. The van der Waals surface area contributed by atoms with Gasteiger partial charge in [-0.05, 0) is 41.8 Å². The van der Waals surface area contributed by atoms with E-state index in [0.29, 0.717) is 17.7 Å². The molecule has 0 amide bonds. The van der Waals surface area contributed by atoms with Gasteiger partial charge in [-0.25, -0.2) is 0 Å². The first-order valence-corrected chi connectivity index (χ1v) is 8.76. The number of carbonyl (C=O) groups excluding carboxylic acids is 1. The van der Waals surface area contributed by atoms with Crippen LogP contribution in [-0.4, -0.2) is 17.3 Å². The summed E-state index contributed by atoms with van der Waals surface area (Å²) in [5.74, 6) is 0.0449. The predicted octanol–water partition coefficient (Wildman–Crippen LogP) is 4.57. The number of aromatic nitrogens is 1. The van der Waals surface area contributed by atoms with Crippen LogP contribution in [0.3, 0.4) is 0 Å². The summed E-state index contributed by atoms with van der Waals surface area (Å²) in [5.41, 5.74) is 11.7. The lowest BCUT2D eigenvalue weighted by Crippen LogP contribution is -2.01. The zero-order valence-corrected chi connectivity index (χ0v) is 14.4. The third kappa shape index (κ3) is 3.05.